The van der Waals surface area contributed by atoms with Gasteiger partial charge in [-0.15, -0.1) is 0 Å². The zero-order valence-electron chi connectivity index (χ0n) is 28.5. The number of hydrogen-bond donors (Lipinski definition) is 2. The number of hydrogen-bond acceptors (Lipinski definition) is 6. The van der Waals surface area contributed by atoms with E-state index in [1.807, 2.05) is 12.1 Å². The first-order valence-corrected chi connectivity index (χ1v) is 16.8. The fraction of sp³-hybridized carbons (Fsp3) is 0.743. The molecule has 2 amide bonds. The molecule has 244 valence electrons. The number of rotatable bonds is 13. The van der Waals surface area contributed by atoms with Crippen LogP contribution < -0.4 is 10.6 Å². The number of aryl methyl sites for hydroxylation is 1. The van der Waals surface area contributed by atoms with Crippen molar-refractivity contribution in [1.82, 2.24) is 10.6 Å². The number of carbonyl (C=O) groups is 3. The number of nitrogens with one attached hydrogen (secondary N) is 2. The molecule has 1 aliphatic heterocycles. The second-order valence-corrected chi connectivity index (χ2v) is 15.6. The summed E-state index contributed by atoms with van der Waals surface area (Å²) in [6, 6.07) is 6.56. The minimum atomic E-state index is -0.935. The van der Waals surface area contributed by atoms with Crippen LogP contribution in [0.5, 0.6) is 0 Å². The summed E-state index contributed by atoms with van der Waals surface area (Å²) in [5, 5.41) is 5.61. The van der Waals surface area contributed by atoms with Crippen molar-refractivity contribution in [3.05, 3.63) is 35.4 Å². The maximum absolute atomic E-state index is 14.0. The molecule has 8 nitrogen and oxygen atoms in total. The normalized spacial score (nSPS) is 26.8. The summed E-state index contributed by atoms with van der Waals surface area (Å²) >= 11 is 0. The monoisotopic (exact) mass is 610 g/mol. The van der Waals surface area contributed by atoms with Crippen LogP contribution in [0.25, 0.3) is 0 Å². The number of ketones is 1. The average Bonchev–Trinajstić information content (AvgIpc) is 3.29. The Bertz CT molecular complexity index is 1180. The zero-order valence-corrected chi connectivity index (χ0v) is 28.5. The van der Waals surface area contributed by atoms with Crippen molar-refractivity contribution < 1.29 is 28.4 Å². The quantitative estimate of drug-likeness (QED) is 0.240. The molecule has 4 fully saturated rings. The smallest absolute Gasteiger partial charge is 0.444 e. The number of carbonyl (C=O) groups excluding carboxylic acids is 3. The lowest BCUT2D eigenvalue weighted by molar-refractivity contribution is -0.199. The van der Waals surface area contributed by atoms with Gasteiger partial charge in [-0.3, -0.25) is 9.59 Å². The molecule has 1 aromatic carbocycles. The SMILES string of the molecule is CCCCc1ccc(C(=O)N[C@@H](CNC(=O)OC(C)(C)C)C(=O)C[C@@H](CC(C)C)B2O[C@@H]3C[C@@H]4C[C@@H](C4(C)C)[C@]3(C)O2)cc1. The van der Waals surface area contributed by atoms with Gasteiger partial charge in [0.15, 0.2) is 5.78 Å². The molecule has 0 spiro atoms. The van der Waals surface area contributed by atoms with Crippen molar-refractivity contribution in [2.24, 2.45) is 23.2 Å². The summed E-state index contributed by atoms with van der Waals surface area (Å²) in [6.45, 7) is 18.5. The Kier molecular flexibility index (Phi) is 10.6. The average molecular weight is 611 g/mol. The van der Waals surface area contributed by atoms with Gasteiger partial charge in [-0.2, -0.15) is 0 Å². The molecule has 1 saturated heterocycles. The molecule has 4 aliphatic rings. The Balaban J connectivity index is 1.48. The highest BCUT2D eigenvalue weighted by Crippen LogP contribution is 2.66. The number of amides is 2. The van der Waals surface area contributed by atoms with Gasteiger partial charge in [0.25, 0.3) is 5.91 Å². The van der Waals surface area contributed by atoms with E-state index in [1.165, 1.54) is 5.56 Å². The number of Topliss-reactive ketones (excluding diaryl/α,β-unsaturated/α-hetero) is 1. The molecule has 0 aromatic heterocycles. The molecular weight excluding hydrogens is 555 g/mol. The highest BCUT2D eigenvalue weighted by molar-refractivity contribution is 6.47. The molecule has 2 bridgehead atoms. The van der Waals surface area contributed by atoms with Crippen LogP contribution in [0.4, 0.5) is 4.79 Å². The summed E-state index contributed by atoms with van der Waals surface area (Å²) in [6.07, 6.45) is 5.59. The van der Waals surface area contributed by atoms with Crippen LogP contribution in [0.15, 0.2) is 24.3 Å². The molecule has 6 atom stereocenters. The predicted molar refractivity (Wildman–Crippen MR) is 173 cm³/mol. The Morgan fingerprint density at radius 1 is 1.09 bits per heavy atom. The van der Waals surface area contributed by atoms with Crippen molar-refractivity contribution in [3.8, 4) is 0 Å². The van der Waals surface area contributed by atoms with Gasteiger partial charge in [-0.25, -0.2) is 4.79 Å². The molecule has 3 aliphatic carbocycles. The first-order valence-electron chi connectivity index (χ1n) is 16.8. The van der Waals surface area contributed by atoms with E-state index in [-0.39, 0.29) is 47.6 Å². The molecule has 3 saturated carbocycles. The van der Waals surface area contributed by atoms with E-state index in [1.54, 1.807) is 32.9 Å². The van der Waals surface area contributed by atoms with Crippen molar-refractivity contribution in [1.29, 1.82) is 0 Å². The van der Waals surface area contributed by atoms with Gasteiger partial charge in [0.1, 0.15) is 11.6 Å². The van der Waals surface area contributed by atoms with Gasteiger partial charge in [-0.1, -0.05) is 53.2 Å². The topological polar surface area (TPSA) is 103 Å². The zero-order chi connectivity index (χ0) is 32.4. The van der Waals surface area contributed by atoms with Gasteiger partial charge in [0.2, 0.25) is 0 Å². The van der Waals surface area contributed by atoms with Crippen LogP contribution in [0, 0.1) is 23.2 Å². The minimum absolute atomic E-state index is 0.0265. The Labute approximate surface area is 265 Å². The van der Waals surface area contributed by atoms with E-state index >= 15 is 0 Å². The predicted octanol–water partition coefficient (Wildman–Crippen LogP) is 6.76. The summed E-state index contributed by atoms with van der Waals surface area (Å²) < 4.78 is 18.8. The van der Waals surface area contributed by atoms with Crippen LogP contribution in [-0.4, -0.2) is 54.8 Å². The van der Waals surface area contributed by atoms with E-state index in [9.17, 15) is 14.4 Å². The minimum Gasteiger partial charge on any atom is -0.444 e. The van der Waals surface area contributed by atoms with E-state index < -0.39 is 24.9 Å². The van der Waals surface area contributed by atoms with Crippen LogP contribution in [0.1, 0.15) is 117 Å². The highest BCUT2D eigenvalue weighted by atomic mass is 16.7. The lowest BCUT2D eigenvalue weighted by Crippen LogP contribution is -2.65. The lowest BCUT2D eigenvalue weighted by atomic mass is 9.43. The maximum atomic E-state index is 14.0. The maximum Gasteiger partial charge on any atom is 0.461 e. The second-order valence-electron chi connectivity index (χ2n) is 15.6. The van der Waals surface area contributed by atoms with E-state index in [2.05, 4.69) is 52.2 Å². The molecule has 0 radical (unpaired) electrons. The van der Waals surface area contributed by atoms with Gasteiger partial charge in [0, 0.05) is 24.3 Å². The summed E-state index contributed by atoms with van der Waals surface area (Å²) in [7, 11) is -0.489. The third-order valence-corrected chi connectivity index (χ3v) is 10.2. The standard InChI is InChI=1S/C35H55BN2O6/c1-10-11-12-23-13-15-24(16-14-23)31(40)38-27(21-37-32(41)42-33(4,5)6)28(39)20-26(17-22(2)3)36-43-30-19-25-18-29(34(25,7)8)35(30,9)44-36/h13-16,22,25-27,29-30H,10-12,17-21H2,1-9H3,(H,37,41)(H,38,40)/t25-,26+,27-,29-,30+,35-/m0/s1. The Hall–Kier alpha value is -2.39. The Morgan fingerprint density at radius 2 is 1.77 bits per heavy atom. The van der Waals surface area contributed by atoms with E-state index in [4.69, 9.17) is 14.0 Å². The molecule has 5 rings (SSSR count). The van der Waals surface area contributed by atoms with Gasteiger partial charge >= 0.3 is 13.2 Å². The first-order chi connectivity index (χ1) is 20.5. The second kappa shape index (κ2) is 13.5. The molecule has 44 heavy (non-hydrogen) atoms. The van der Waals surface area contributed by atoms with Crippen LogP contribution >= 0.6 is 0 Å². The van der Waals surface area contributed by atoms with Crippen LogP contribution in [0.3, 0.4) is 0 Å². The Morgan fingerprint density at radius 3 is 2.36 bits per heavy atom. The fourth-order valence-corrected chi connectivity index (χ4v) is 7.59. The summed E-state index contributed by atoms with van der Waals surface area (Å²) in [4.78, 5) is 39.8. The molecular formula is C35H55BN2O6. The third-order valence-electron chi connectivity index (χ3n) is 10.2. The molecule has 1 heterocycles. The van der Waals surface area contributed by atoms with Gasteiger partial charge < -0.3 is 24.7 Å². The van der Waals surface area contributed by atoms with Gasteiger partial charge in [0.05, 0.1) is 11.7 Å². The van der Waals surface area contributed by atoms with Crippen molar-refractivity contribution in [2.75, 3.05) is 6.54 Å². The van der Waals surface area contributed by atoms with Crippen LogP contribution in [0.2, 0.25) is 5.82 Å². The van der Waals surface area contributed by atoms with E-state index in [0.717, 1.165) is 38.5 Å². The van der Waals surface area contributed by atoms with Crippen molar-refractivity contribution >= 4 is 24.9 Å². The summed E-state index contributed by atoms with van der Waals surface area (Å²) in [5.74, 6) is 0.681. The first kappa shape index (κ1) is 34.5. The van der Waals surface area contributed by atoms with Crippen molar-refractivity contribution in [2.45, 2.75) is 136 Å². The number of alkyl carbamates (subject to hydrolysis) is 1. The lowest BCUT2D eigenvalue weighted by Gasteiger charge is -2.64. The molecule has 2 N–H and O–H groups in total. The van der Waals surface area contributed by atoms with Gasteiger partial charge in [-0.05, 0) is 101 Å². The summed E-state index contributed by atoms with van der Waals surface area (Å²) in [5.41, 5.74) is 0.819. The number of benzene rings is 1. The van der Waals surface area contributed by atoms with E-state index in [0.29, 0.717) is 23.3 Å². The highest BCUT2D eigenvalue weighted by Gasteiger charge is 2.68. The molecule has 1 aromatic rings. The fourth-order valence-electron chi connectivity index (χ4n) is 7.59. The number of ether oxygens (including phenoxy) is 1. The van der Waals surface area contributed by atoms with Crippen molar-refractivity contribution in [3.63, 3.8) is 0 Å². The molecule has 9 heteroatoms. The molecule has 0 unspecified atom stereocenters. The third kappa shape index (κ3) is 7.87. The largest absolute Gasteiger partial charge is 0.461 e. The van der Waals surface area contributed by atoms with Crippen LogP contribution in [-0.2, 0) is 25.3 Å². The number of unbranched alkanes of at least 4 members (excludes halogenated alkanes) is 1.